The van der Waals surface area contributed by atoms with E-state index in [9.17, 15) is 4.79 Å². The number of nitrogens with one attached hydrogen (secondary N) is 1. The monoisotopic (exact) mass is 246 g/mol. The third-order valence-corrected chi connectivity index (χ3v) is 2.71. The maximum absolute atomic E-state index is 10.9. The Labute approximate surface area is 104 Å². The summed E-state index contributed by atoms with van der Waals surface area (Å²) in [5.41, 5.74) is 6.97. The van der Waals surface area contributed by atoms with Gasteiger partial charge in [0.05, 0.1) is 6.10 Å². The Bertz CT molecular complexity index is 547. The van der Waals surface area contributed by atoms with Gasteiger partial charge in [0.15, 0.2) is 5.82 Å². The van der Waals surface area contributed by atoms with Crippen molar-refractivity contribution in [3.05, 3.63) is 35.7 Å². The standard InChI is InChI=1S/C12H14N4O2/c1-7(18-2)8-3-5-9(6-4-8)11-14-12(10(13)17)16-15-11/h3-7H,1-2H3,(H2,13,17)(H,14,15,16). The number of carbonyl (C=O) groups excluding carboxylic acids is 1. The van der Waals surface area contributed by atoms with E-state index in [0.29, 0.717) is 5.82 Å². The molecule has 6 nitrogen and oxygen atoms in total. The highest BCUT2D eigenvalue weighted by molar-refractivity contribution is 5.89. The lowest BCUT2D eigenvalue weighted by Gasteiger charge is -2.09. The van der Waals surface area contributed by atoms with Crippen LogP contribution in [0.4, 0.5) is 0 Å². The predicted octanol–water partition coefficient (Wildman–Crippen LogP) is 1.28. The van der Waals surface area contributed by atoms with Gasteiger partial charge < -0.3 is 10.5 Å². The van der Waals surface area contributed by atoms with Crippen LogP contribution in [0.5, 0.6) is 0 Å². The fourth-order valence-corrected chi connectivity index (χ4v) is 1.54. The second-order valence-corrected chi connectivity index (χ2v) is 3.87. The molecule has 0 aliphatic heterocycles. The summed E-state index contributed by atoms with van der Waals surface area (Å²) in [6.45, 7) is 1.97. The van der Waals surface area contributed by atoms with E-state index < -0.39 is 5.91 Å². The number of rotatable bonds is 4. The van der Waals surface area contributed by atoms with Gasteiger partial charge in [-0.3, -0.25) is 9.89 Å². The first-order valence-corrected chi connectivity index (χ1v) is 5.47. The molecule has 94 valence electrons. The van der Waals surface area contributed by atoms with Gasteiger partial charge >= 0.3 is 0 Å². The Balaban J connectivity index is 2.25. The summed E-state index contributed by atoms with van der Waals surface area (Å²) in [4.78, 5) is 14.9. The lowest BCUT2D eigenvalue weighted by molar-refractivity contribution is 0.0991. The van der Waals surface area contributed by atoms with Crippen molar-refractivity contribution in [2.45, 2.75) is 13.0 Å². The summed E-state index contributed by atoms with van der Waals surface area (Å²) in [6.07, 6.45) is 0.0346. The number of hydrogen-bond acceptors (Lipinski definition) is 4. The lowest BCUT2D eigenvalue weighted by Crippen LogP contribution is -2.12. The van der Waals surface area contributed by atoms with E-state index in [1.807, 2.05) is 31.2 Å². The summed E-state index contributed by atoms with van der Waals surface area (Å²) in [5, 5.41) is 6.43. The van der Waals surface area contributed by atoms with Crippen LogP contribution >= 0.6 is 0 Å². The first kappa shape index (κ1) is 12.3. The second-order valence-electron chi connectivity index (χ2n) is 3.87. The zero-order valence-corrected chi connectivity index (χ0v) is 10.2. The molecule has 2 aromatic rings. The first-order valence-electron chi connectivity index (χ1n) is 5.47. The number of primary amides is 1. The Morgan fingerprint density at radius 1 is 1.39 bits per heavy atom. The zero-order chi connectivity index (χ0) is 13.1. The molecule has 0 saturated carbocycles. The molecule has 18 heavy (non-hydrogen) atoms. The third-order valence-electron chi connectivity index (χ3n) is 2.71. The summed E-state index contributed by atoms with van der Waals surface area (Å²) in [6, 6.07) is 7.62. The molecule has 1 atom stereocenters. The predicted molar refractivity (Wildman–Crippen MR) is 65.8 cm³/mol. The number of benzene rings is 1. The quantitative estimate of drug-likeness (QED) is 0.849. The topological polar surface area (TPSA) is 93.9 Å². The van der Waals surface area contributed by atoms with E-state index in [4.69, 9.17) is 10.5 Å². The molecule has 2 rings (SSSR count). The summed E-state index contributed by atoms with van der Waals surface area (Å²) < 4.78 is 5.22. The average molecular weight is 246 g/mol. The summed E-state index contributed by atoms with van der Waals surface area (Å²) >= 11 is 0. The fraction of sp³-hybridized carbons (Fsp3) is 0.250. The first-order chi connectivity index (χ1) is 8.61. The molecule has 1 aromatic carbocycles. The summed E-state index contributed by atoms with van der Waals surface area (Å²) in [7, 11) is 1.66. The second kappa shape index (κ2) is 4.97. The van der Waals surface area contributed by atoms with Crippen molar-refractivity contribution in [1.29, 1.82) is 0 Å². The van der Waals surface area contributed by atoms with Crippen LogP contribution in [0.2, 0.25) is 0 Å². The van der Waals surface area contributed by atoms with Crippen LogP contribution in [0, 0.1) is 0 Å². The van der Waals surface area contributed by atoms with Gasteiger partial charge in [-0.25, -0.2) is 4.98 Å². The van der Waals surface area contributed by atoms with Crippen LogP contribution in [0.3, 0.4) is 0 Å². The highest BCUT2D eigenvalue weighted by Gasteiger charge is 2.10. The third kappa shape index (κ3) is 2.38. The maximum atomic E-state index is 10.9. The number of hydrogen-bond donors (Lipinski definition) is 2. The normalized spacial score (nSPS) is 12.3. The van der Waals surface area contributed by atoms with Gasteiger partial charge in [-0.1, -0.05) is 24.3 Å². The minimum Gasteiger partial charge on any atom is -0.377 e. The zero-order valence-electron chi connectivity index (χ0n) is 10.2. The number of amides is 1. The number of carbonyl (C=O) groups is 1. The molecule has 0 saturated heterocycles. The highest BCUT2D eigenvalue weighted by atomic mass is 16.5. The number of aromatic amines is 1. The van der Waals surface area contributed by atoms with Crippen LogP contribution in [0.15, 0.2) is 24.3 Å². The van der Waals surface area contributed by atoms with Gasteiger partial charge in [0.25, 0.3) is 5.91 Å². The van der Waals surface area contributed by atoms with Crippen LogP contribution in [0.1, 0.15) is 29.2 Å². The molecular formula is C12H14N4O2. The van der Waals surface area contributed by atoms with E-state index >= 15 is 0 Å². The Hall–Kier alpha value is -2.21. The fourth-order valence-electron chi connectivity index (χ4n) is 1.54. The molecular weight excluding hydrogens is 232 g/mol. The Morgan fingerprint density at radius 2 is 2.06 bits per heavy atom. The molecule has 1 amide bonds. The molecule has 0 aliphatic rings. The molecule has 3 N–H and O–H groups in total. The number of nitrogens with two attached hydrogens (primary N) is 1. The molecule has 1 aromatic heterocycles. The average Bonchev–Trinajstić information content (AvgIpc) is 2.88. The minimum atomic E-state index is -0.627. The van der Waals surface area contributed by atoms with Crippen LogP contribution in [-0.2, 0) is 4.74 Å². The van der Waals surface area contributed by atoms with Crippen molar-refractivity contribution in [3.8, 4) is 11.4 Å². The Morgan fingerprint density at radius 3 is 2.56 bits per heavy atom. The van der Waals surface area contributed by atoms with Crippen molar-refractivity contribution >= 4 is 5.91 Å². The van der Waals surface area contributed by atoms with Gasteiger partial charge in [0.1, 0.15) is 0 Å². The molecule has 0 bridgehead atoms. The Kier molecular flexibility index (Phi) is 3.38. The lowest BCUT2D eigenvalue weighted by atomic mass is 10.1. The number of nitrogens with zero attached hydrogens (tertiary/aromatic N) is 2. The molecule has 6 heteroatoms. The van der Waals surface area contributed by atoms with Crippen molar-refractivity contribution in [2.24, 2.45) is 5.73 Å². The van der Waals surface area contributed by atoms with Crippen molar-refractivity contribution in [3.63, 3.8) is 0 Å². The van der Waals surface area contributed by atoms with E-state index in [2.05, 4.69) is 15.2 Å². The van der Waals surface area contributed by atoms with E-state index in [1.165, 1.54) is 0 Å². The molecule has 1 unspecified atom stereocenters. The molecule has 0 aliphatic carbocycles. The van der Waals surface area contributed by atoms with Gasteiger partial charge in [0, 0.05) is 12.7 Å². The number of H-pyrrole nitrogens is 1. The largest absolute Gasteiger partial charge is 0.377 e. The van der Waals surface area contributed by atoms with Gasteiger partial charge in [-0.15, -0.1) is 0 Å². The van der Waals surface area contributed by atoms with Crippen LogP contribution in [-0.4, -0.2) is 28.2 Å². The van der Waals surface area contributed by atoms with Crippen molar-refractivity contribution in [2.75, 3.05) is 7.11 Å². The van der Waals surface area contributed by atoms with Crippen LogP contribution in [0.25, 0.3) is 11.4 Å². The minimum absolute atomic E-state index is 0.0346. The van der Waals surface area contributed by atoms with Gasteiger partial charge in [-0.2, -0.15) is 5.10 Å². The number of methoxy groups -OCH3 is 1. The van der Waals surface area contributed by atoms with Gasteiger partial charge in [0.2, 0.25) is 5.82 Å². The SMILES string of the molecule is COC(C)c1ccc(-c2n[nH]c(C(N)=O)n2)cc1. The smallest absolute Gasteiger partial charge is 0.286 e. The molecule has 0 spiro atoms. The number of aromatic nitrogens is 3. The molecule has 0 radical (unpaired) electrons. The molecule has 0 fully saturated rings. The van der Waals surface area contributed by atoms with Crippen LogP contribution < -0.4 is 5.73 Å². The number of ether oxygens (including phenoxy) is 1. The summed E-state index contributed by atoms with van der Waals surface area (Å²) in [5.74, 6) is -0.127. The van der Waals surface area contributed by atoms with Gasteiger partial charge in [-0.05, 0) is 12.5 Å². The van der Waals surface area contributed by atoms with Crippen molar-refractivity contribution in [1.82, 2.24) is 15.2 Å². The molecule has 1 heterocycles. The van der Waals surface area contributed by atoms with Crippen molar-refractivity contribution < 1.29 is 9.53 Å². The van der Waals surface area contributed by atoms with E-state index in [-0.39, 0.29) is 11.9 Å². The highest BCUT2D eigenvalue weighted by Crippen LogP contribution is 2.20. The maximum Gasteiger partial charge on any atom is 0.286 e. The van der Waals surface area contributed by atoms with E-state index in [1.54, 1.807) is 7.11 Å². The van der Waals surface area contributed by atoms with E-state index in [0.717, 1.165) is 11.1 Å².